The molecule has 2 amide bonds. The van der Waals surface area contributed by atoms with Crippen LogP contribution in [-0.2, 0) is 14.4 Å². The number of carbonyl (C=O) groups excluding carboxylic acids is 3. The number of nitrogens with two attached hydrogens (primary N) is 1. The quantitative estimate of drug-likeness (QED) is 0.0139. The van der Waals surface area contributed by atoms with E-state index in [1.165, 1.54) is 275 Å². The minimum Gasteiger partial charge on any atom is -0.309 e. The number of ketones is 1. The summed E-state index contributed by atoms with van der Waals surface area (Å²) in [5.41, 5.74) is 6.09. The molecule has 0 atom stereocenters. The van der Waals surface area contributed by atoms with E-state index in [-0.39, 0.29) is 19.2 Å². The van der Waals surface area contributed by atoms with Crippen molar-refractivity contribution in [3.63, 3.8) is 0 Å². The number of hydrogen-bond donors (Lipinski definition) is 3. The van der Waals surface area contributed by atoms with Crippen molar-refractivity contribution in [1.29, 1.82) is 0 Å². The average molecular weight is 1310 g/mol. The van der Waals surface area contributed by atoms with E-state index < -0.39 is 0 Å². The number of amides is 2. The first-order valence-electron chi connectivity index (χ1n) is 39.4. The predicted octanol–water partition coefficient (Wildman–Crippen LogP) is 25.3. The van der Waals surface area contributed by atoms with Crippen molar-refractivity contribution in [2.75, 3.05) is 41.3 Å². The molecule has 9 heteroatoms. The Morgan fingerprint density at radius 3 is 0.766 bits per heavy atom. The molecule has 0 saturated carbocycles. The van der Waals surface area contributed by atoms with E-state index in [2.05, 4.69) is 141 Å². The lowest BCUT2D eigenvalue weighted by molar-refractivity contribution is -0.122. The fourth-order valence-corrected chi connectivity index (χ4v) is 10.5. The normalized spacial score (nSPS) is 11.8. The molecule has 0 heterocycles. The van der Waals surface area contributed by atoms with Gasteiger partial charge in [0.2, 0.25) is 11.8 Å². The van der Waals surface area contributed by atoms with Gasteiger partial charge in [0.25, 0.3) is 0 Å². The Bertz CT molecular complexity index is 1720. The lowest BCUT2D eigenvalue weighted by Gasteiger charge is -2.10. The van der Waals surface area contributed by atoms with Gasteiger partial charge >= 0.3 is 0 Å². The van der Waals surface area contributed by atoms with Gasteiger partial charge in [-0.1, -0.05) is 286 Å². The van der Waals surface area contributed by atoms with Crippen LogP contribution in [0.2, 0.25) is 0 Å². The van der Waals surface area contributed by atoms with Gasteiger partial charge in [-0.15, -0.1) is 0 Å². The van der Waals surface area contributed by atoms with Crippen LogP contribution >= 0.6 is 0 Å². The lowest BCUT2D eigenvalue weighted by Crippen LogP contribution is -2.32. The molecular weight excluding hydrogens is 1150 g/mol. The van der Waals surface area contributed by atoms with Crippen LogP contribution in [0.25, 0.3) is 0 Å². The maximum Gasteiger partial charge on any atom is 0.241 e. The molecule has 0 radical (unpaired) electrons. The molecule has 4 N–H and O–H groups in total. The first-order valence-corrected chi connectivity index (χ1v) is 39.4. The molecule has 0 aromatic heterocycles. The van der Waals surface area contributed by atoms with Gasteiger partial charge in [0.05, 0.1) is 0 Å². The molecule has 9 nitrogen and oxygen atoms in total. The van der Waals surface area contributed by atoms with Gasteiger partial charge in [0.15, 0.2) is 0 Å². The molecule has 0 spiro atoms. The second kappa shape index (κ2) is 87.1. The molecule has 0 saturated heterocycles. The standard InChI is InChI=1S/C42H77N3O.C37H66O.C5H13N3O.CH4/c1-5-7-9-11-13-15-17-19-21-23-25-27-29-31-33-35-37-41(43-44-42(46)39-40-45(3)4)38-36-34-32-30-28-26-24-22-20-18-16-14-12-10-8-6-2;1-3-5-7-9-11-13-15-17-19-21-23-25-27-29-31-33-35-37(38)36-34-32-30-28-26-24-22-20-18-16-14-12-10-8-6-4-2;1-8(2)4-3-5(9)7-6;/h13-16,19-22H,5-12,17-18,23-40H2,1-4H3,(H,44,46);11-14,17-20H,3-10,15-16,21-36H2,1-2H3;3-4,6H2,1-2H3,(H,7,9);1H4/b15-13-,16-14-,21-19-,22-20-;13-11-,14-12-,19-17-,20-18-;;. The topological polar surface area (TPSA) is 120 Å². The highest BCUT2D eigenvalue weighted by Gasteiger charge is 2.06. The zero-order valence-corrected chi connectivity index (χ0v) is 63.0. The smallest absolute Gasteiger partial charge is 0.241 e. The van der Waals surface area contributed by atoms with Gasteiger partial charge in [-0.3, -0.25) is 19.8 Å². The monoisotopic (exact) mass is 1310 g/mol. The number of hydrogen-bond acceptors (Lipinski definition) is 7. The van der Waals surface area contributed by atoms with E-state index in [4.69, 9.17) is 5.84 Å². The van der Waals surface area contributed by atoms with E-state index in [1.807, 2.05) is 38.0 Å². The van der Waals surface area contributed by atoms with Gasteiger partial charge in [0, 0.05) is 44.5 Å². The van der Waals surface area contributed by atoms with Gasteiger partial charge in [-0.2, -0.15) is 5.10 Å². The maximum atomic E-state index is 12.2. The van der Waals surface area contributed by atoms with Crippen LogP contribution in [-0.4, -0.2) is 74.4 Å². The van der Waals surface area contributed by atoms with Gasteiger partial charge in [-0.25, -0.2) is 11.3 Å². The van der Waals surface area contributed by atoms with Crippen LogP contribution in [0.5, 0.6) is 0 Å². The fourth-order valence-electron chi connectivity index (χ4n) is 10.5. The predicted molar refractivity (Wildman–Crippen MR) is 422 cm³/mol. The van der Waals surface area contributed by atoms with Crippen LogP contribution in [0.4, 0.5) is 0 Å². The first-order chi connectivity index (χ1) is 45.6. The second-order valence-corrected chi connectivity index (χ2v) is 26.8. The number of unbranched alkanes of at least 4 members (excludes halogenated alkanes) is 36. The Kier molecular flexibility index (Phi) is 89.4. The first kappa shape index (κ1) is 96.5. The van der Waals surface area contributed by atoms with E-state index in [9.17, 15) is 14.4 Å². The van der Waals surface area contributed by atoms with Crippen molar-refractivity contribution in [1.82, 2.24) is 20.7 Å². The van der Waals surface area contributed by atoms with Crippen molar-refractivity contribution in [2.24, 2.45) is 10.9 Å². The van der Waals surface area contributed by atoms with Crippen LogP contribution in [0.15, 0.2) is 102 Å². The van der Waals surface area contributed by atoms with Gasteiger partial charge < -0.3 is 9.80 Å². The van der Waals surface area contributed by atoms with Crippen LogP contribution in [0.3, 0.4) is 0 Å². The zero-order valence-electron chi connectivity index (χ0n) is 63.0. The highest BCUT2D eigenvalue weighted by atomic mass is 16.2. The summed E-state index contributed by atoms with van der Waals surface area (Å²) in [5.74, 6) is 5.25. The van der Waals surface area contributed by atoms with Crippen molar-refractivity contribution in [3.05, 3.63) is 97.2 Å². The molecule has 94 heavy (non-hydrogen) atoms. The van der Waals surface area contributed by atoms with Gasteiger partial charge in [-0.05, 0) is 195 Å². The number of carbonyl (C=O) groups is 3. The van der Waals surface area contributed by atoms with E-state index in [0.29, 0.717) is 18.6 Å². The molecule has 0 aliphatic carbocycles. The minimum atomic E-state index is -0.122. The molecule has 0 fully saturated rings. The fraction of sp³-hybridized carbons (Fsp3) is 0.765. The van der Waals surface area contributed by atoms with Crippen molar-refractivity contribution in [3.8, 4) is 0 Å². The van der Waals surface area contributed by atoms with E-state index >= 15 is 0 Å². The number of rotatable bonds is 67. The molecule has 548 valence electrons. The minimum absolute atomic E-state index is 0. The summed E-state index contributed by atoms with van der Waals surface area (Å²) in [6.07, 6.45) is 103. The number of nitrogens with zero attached hydrogens (tertiary/aromatic N) is 3. The van der Waals surface area contributed by atoms with Crippen molar-refractivity contribution in [2.45, 2.75) is 382 Å². The Morgan fingerprint density at radius 2 is 0.521 bits per heavy atom. The molecule has 0 bridgehead atoms. The summed E-state index contributed by atoms with van der Waals surface area (Å²) in [4.78, 5) is 38.8. The number of hydrazone groups is 1. The van der Waals surface area contributed by atoms with Crippen LogP contribution < -0.4 is 16.7 Å². The highest BCUT2D eigenvalue weighted by molar-refractivity contribution is 5.86. The molecule has 0 aromatic rings. The Balaban J connectivity index is -0.000000762. The SMILES string of the molecule is C.CCCCC/C=C\C/C=C\CCCCCCCCC(=O)CCCCCCCC/C=C\C/C=C\CCCCC.CCCCC/C=C\C/C=C\CCCCCCCCC(CCCCCCCC/C=C\C/C=C\CCCCC)=NNC(=O)CCN(C)C.CN(C)CCC(=O)NN. The molecule has 0 aliphatic heterocycles. The molecule has 0 unspecified atom stereocenters. The largest absolute Gasteiger partial charge is 0.309 e. The average Bonchev–Trinajstić information content (AvgIpc) is 3.56. The molecule has 0 aliphatic rings. The third kappa shape index (κ3) is 92.3. The second-order valence-electron chi connectivity index (χ2n) is 26.8. The Labute approximate surface area is 586 Å². The Hall–Kier alpha value is -3.92. The van der Waals surface area contributed by atoms with E-state index in [1.54, 1.807) is 0 Å². The molecule has 0 aromatic carbocycles. The van der Waals surface area contributed by atoms with Crippen molar-refractivity contribution >= 4 is 23.3 Å². The Morgan fingerprint density at radius 1 is 0.298 bits per heavy atom. The van der Waals surface area contributed by atoms with Crippen LogP contribution in [0, 0.1) is 0 Å². The van der Waals surface area contributed by atoms with Crippen molar-refractivity contribution < 1.29 is 14.4 Å². The zero-order chi connectivity index (χ0) is 68.5. The summed E-state index contributed by atoms with van der Waals surface area (Å²) < 4.78 is 0. The number of nitrogens with one attached hydrogen (secondary N) is 2. The maximum absolute atomic E-state index is 12.2. The summed E-state index contributed by atoms with van der Waals surface area (Å²) >= 11 is 0. The summed E-state index contributed by atoms with van der Waals surface area (Å²) in [7, 11) is 7.81. The third-order valence-electron chi connectivity index (χ3n) is 16.7. The molecule has 0 rings (SSSR count). The third-order valence-corrected chi connectivity index (χ3v) is 16.7. The number of allylic oxidation sites excluding steroid dienone is 16. The molecular formula is C85H160N6O3. The van der Waals surface area contributed by atoms with Gasteiger partial charge in [0.1, 0.15) is 5.78 Å². The number of Topliss-reactive ketones (excluding diaryl/α,β-unsaturated/α-hetero) is 1. The summed E-state index contributed by atoms with van der Waals surface area (Å²) in [6, 6.07) is 0. The summed E-state index contributed by atoms with van der Waals surface area (Å²) in [6.45, 7) is 10.5. The van der Waals surface area contributed by atoms with Crippen LogP contribution in [0.1, 0.15) is 382 Å². The highest BCUT2D eigenvalue weighted by Crippen LogP contribution is 2.16. The summed E-state index contributed by atoms with van der Waals surface area (Å²) in [5, 5.41) is 4.59. The van der Waals surface area contributed by atoms with E-state index in [0.717, 1.165) is 77.3 Å². The lowest BCUT2D eigenvalue weighted by atomic mass is 10.0. The number of hydrazine groups is 1.